The summed E-state index contributed by atoms with van der Waals surface area (Å²) in [4.78, 5) is 0. The highest BCUT2D eigenvalue weighted by molar-refractivity contribution is 5.09. The zero-order chi connectivity index (χ0) is 12.0. The number of ether oxygens (including phenoxy) is 2. The van der Waals surface area contributed by atoms with Crippen molar-refractivity contribution in [3.63, 3.8) is 0 Å². The van der Waals surface area contributed by atoms with Crippen molar-refractivity contribution in [1.82, 2.24) is 15.1 Å². The molecule has 5 heteroatoms. The maximum atomic E-state index is 5.11. The lowest BCUT2D eigenvalue weighted by atomic mass is 10.2. The van der Waals surface area contributed by atoms with Gasteiger partial charge in [-0.3, -0.25) is 4.68 Å². The standard InChI is InChI=1S/C11H21N3O2/c1-5-14-8-10(6-13-14)9(2)12-7-11(15-3)16-4/h6,8-9,11-12H,5,7H2,1-4H3. The molecule has 16 heavy (non-hydrogen) atoms. The summed E-state index contributed by atoms with van der Waals surface area (Å²) in [5.74, 6) is 0. The summed E-state index contributed by atoms with van der Waals surface area (Å²) in [6, 6.07) is 0.244. The average Bonchev–Trinajstić information content (AvgIpc) is 2.78. The third-order valence-electron chi connectivity index (χ3n) is 2.59. The van der Waals surface area contributed by atoms with Gasteiger partial charge in [-0.15, -0.1) is 0 Å². The van der Waals surface area contributed by atoms with Gasteiger partial charge in [-0.25, -0.2) is 0 Å². The predicted octanol–water partition coefficient (Wildman–Crippen LogP) is 1.17. The number of methoxy groups -OCH3 is 2. The Morgan fingerprint density at radius 3 is 2.62 bits per heavy atom. The Bertz CT molecular complexity index is 297. The van der Waals surface area contributed by atoms with Gasteiger partial charge in [0.05, 0.1) is 6.20 Å². The predicted molar refractivity (Wildman–Crippen MR) is 62.1 cm³/mol. The lowest BCUT2D eigenvalue weighted by molar-refractivity contribution is -0.0997. The first-order chi connectivity index (χ1) is 7.71. The average molecular weight is 227 g/mol. The van der Waals surface area contributed by atoms with Crippen LogP contribution in [-0.4, -0.2) is 36.8 Å². The Morgan fingerprint density at radius 1 is 1.44 bits per heavy atom. The minimum absolute atomic E-state index is 0.205. The van der Waals surface area contributed by atoms with E-state index in [9.17, 15) is 0 Å². The minimum Gasteiger partial charge on any atom is -0.355 e. The van der Waals surface area contributed by atoms with Crippen molar-refractivity contribution >= 4 is 0 Å². The molecule has 0 radical (unpaired) electrons. The molecule has 0 aliphatic carbocycles. The van der Waals surface area contributed by atoms with Crippen LogP contribution in [0.1, 0.15) is 25.5 Å². The first kappa shape index (κ1) is 13.2. The van der Waals surface area contributed by atoms with Gasteiger partial charge in [-0.05, 0) is 13.8 Å². The van der Waals surface area contributed by atoms with Crippen molar-refractivity contribution in [3.8, 4) is 0 Å². The van der Waals surface area contributed by atoms with Crippen LogP contribution < -0.4 is 5.32 Å². The van der Waals surface area contributed by atoms with Gasteiger partial charge in [0.25, 0.3) is 0 Å². The van der Waals surface area contributed by atoms with E-state index in [4.69, 9.17) is 9.47 Å². The van der Waals surface area contributed by atoms with E-state index in [2.05, 4.69) is 24.3 Å². The molecule has 0 fully saturated rings. The maximum absolute atomic E-state index is 5.11. The van der Waals surface area contributed by atoms with Gasteiger partial charge in [0, 0.05) is 45.1 Å². The molecule has 1 aromatic rings. The van der Waals surface area contributed by atoms with Crippen LogP contribution in [0, 0.1) is 0 Å². The van der Waals surface area contributed by atoms with Gasteiger partial charge < -0.3 is 14.8 Å². The van der Waals surface area contributed by atoms with Crippen LogP contribution in [0.4, 0.5) is 0 Å². The Balaban J connectivity index is 2.42. The number of aryl methyl sites for hydroxylation is 1. The number of rotatable bonds is 7. The second-order valence-electron chi connectivity index (χ2n) is 3.66. The minimum atomic E-state index is -0.205. The van der Waals surface area contributed by atoms with Crippen LogP contribution in [0.15, 0.2) is 12.4 Å². The molecule has 1 rings (SSSR count). The first-order valence-corrected chi connectivity index (χ1v) is 5.52. The van der Waals surface area contributed by atoms with Crippen LogP contribution in [0.25, 0.3) is 0 Å². The van der Waals surface area contributed by atoms with Crippen molar-refractivity contribution in [3.05, 3.63) is 18.0 Å². The van der Waals surface area contributed by atoms with Crippen molar-refractivity contribution in [2.24, 2.45) is 0 Å². The van der Waals surface area contributed by atoms with E-state index >= 15 is 0 Å². The molecule has 0 aliphatic rings. The number of aromatic nitrogens is 2. The largest absolute Gasteiger partial charge is 0.355 e. The maximum Gasteiger partial charge on any atom is 0.169 e. The topological polar surface area (TPSA) is 48.3 Å². The quantitative estimate of drug-likeness (QED) is 0.710. The highest BCUT2D eigenvalue weighted by Crippen LogP contribution is 2.10. The number of nitrogens with one attached hydrogen (secondary N) is 1. The second kappa shape index (κ2) is 6.62. The molecule has 1 unspecified atom stereocenters. The summed E-state index contributed by atoms with van der Waals surface area (Å²) in [6.45, 7) is 5.72. The molecule has 0 saturated heterocycles. The highest BCUT2D eigenvalue weighted by Gasteiger charge is 2.10. The highest BCUT2D eigenvalue weighted by atomic mass is 16.7. The third kappa shape index (κ3) is 3.59. The van der Waals surface area contributed by atoms with E-state index in [0.717, 1.165) is 6.54 Å². The van der Waals surface area contributed by atoms with Gasteiger partial charge in [0.15, 0.2) is 6.29 Å². The molecule has 0 spiro atoms. The summed E-state index contributed by atoms with van der Waals surface area (Å²) in [5.41, 5.74) is 1.17. The molecule has 1 aromatic heterocycles. The molecule has 92 valence electrons. The summed E-state index contributed by atoms with van der Waals surface area (Å²) in [5, 5.41) is 7.57. The molecule has 0 saturated carbocycles. The summed E-state index contributed by atoms with van der Waals surface area (Å²) in [7, 11) is 3.27. The Kier molecular flexibility index (Phi) is 5.45. The zero-order valence-corrected chi connectivity index (χ0v) is 10.4. The molecule has 1 atom stereocenters. The summed E-state index contributed by atoms with van der Waals surface area (Å²) >= 11 is 0. The molecule has 0 amide bonds. The lowest BCUT2D eigenvalue weighted by Crippen LogP contribution is -2.31. The Hall–Kier alpha value is -0.910. The smallest absolute Gasteiger partial charge is 0.169 e. The normalized spacial score (nSPS) is 13.3. The first-order valence-electron chi connectivity index (χ1n) is 5.52. The van der Waals surface area contributed by atoms with E-state index < -0.39 is 0 Å². The lowest BCUT2D eigenvalue weighted by Gasteiger charge is -2.17. The van der Waals surface area contributed by atoms with Crippen LogP contribution in [0.3, 0.4) is 0 Å². The molecular weight excluding hydrogens is 206 g/mol. The van der Waals surface area contributed by atoms with E-state index in [1.807, 2.05) is 17.1 Å². The molecule has 1 heterocycles. The van der Waals surface area contributed by atoms with Crippen LogP contribution in [0.2, 0.25) is 0 Å². The fourth-order valence-corrected chi connectivity index (χ4v) is 1.43. The van der Waals surface area contributed by atoms with Crippen LogP contribution in [0.5, 0.6) is 0 Å². The van der Waals surface area contributed by atoms with Gasteiger partial charge >= 0.3 is 0 Å². The van der Waals surface area contributed by atoms with Crippen molar-refractivity contribution < 1.29 is 9.47 Å². The molecule has 0 bridgehead atoms. The zero-order valence-electron chi connectivity index (χ0n) is 10.4. The Labute approximate surface area is 96.7 Å². The summed E-state index contributed by atoms with van der Waals surface area (Å²) < 4.78 is 12.1. The third-order valence-corrected chi connectivity index (χ3v) is 2.59. The fraction of sp³-hybridized carbons (Fsp3) is 0.727. The molecule has 0 aliphatic heterocycles. The number of hydrogen-bond donors (Lipinski definition) is 1. The van der Waals surface area contributed by atoms with Crippen molar-refractivity contribution in [1.29, 1.82) is 0 Å². The van der Waals surface area contributed by atoms with Crippen molar-refractivity contribution in [2.45, 2.75) is 32.7 Å². The molecule has 5 nitrogen and oxygen atoms in total. The van der Waals surface area contributed by atoms with Gasteiger partial charge in [0.2, 0.25) is 0 Å². The summed E-state index contributed by atoms with van der Waals surface area (Å²) in [6.07, 6.45) is 3.73. The number of nitrogens with zero attached hydrogens (tertiary/aromatic N) is 2. The molecule has 1 N–H and O–H groups in total. The monoisotopic (exact) mass is 227 g/mol. The van der Waals surface area contributed by atoms with Crippen molar-refractivity contribution in [2.75, 3.05) is 20.8 Å². The Morgan fingerprint density at radius 2 is 2.12 bits per heavy atom. The second-order valence-corrected chi connectivity index (χ2v) is 3.66. The van der Waals surface area contributed by atoms with Crippen LogP contribution >= 0.6 is 0 Å². The van der Waals surface area contributed by atoms with Gasteiger partial charge in [-0.1, -0.05) is 0 Å². The molecular formula is C11H21N3O2. The van der Waals surface area contributed by atoms with E-state index in [1.165, 1.54) is 5.56 Å². The van der Waals surface area contributed by atoms with Gasteiger partial charge in [-0.2, -0.15) is 5.10 Å². The van der Waals surface area contributed by atoms with Gasteiger partial charge in [0.1, 0.15) is 0 Å². The van der Waals surface area contributed by atoms with Crippen LogP contribution in [-0.2, 0) is 16.0 Å². The SMILES string of the molecule is CCn1cc(C(C)NCC(OC)OC)cn1. The number of hydrogen-bond acceptors (Lipinski definition) is 4. The molecule has 0 aromatic carbocycles. The fourth-order valence-electron chi connectivity index (χ4n) is 1.43. The van der Waals surface area contributed by atoms with E-state index in [0.29, 0.717) is 6.54 Å². The van der Waals surface area contributed by atoms with E-state index in [1.54, 1.807) is 14.2 Å². The van der Waals surface area contributed by atoms with E-state index in [-0.39, 0.29) is 12.3 Å².